The fourth-order valence-electron chi connectivity index (χ4n) is 3.69. The van der Waals surface area contributed by atoms with Crippen LogP contribution >= 0.6 is 0 Å². The number of aliphatic hydroxyl groups is 2. The van der Waals surface area contributed by atoms with Crippen molar-refractivity contribution in [2.24, 2.45) is 11.8 Å². The van der Waals surface area contributed by atoms with Crippen LogP contribution in [0, 0.1) is 11.8 Å². The molecule has 0 aliphatic heterocycles. The maximum Gasteiger partial charge on any atom is 0.332 e. The van der Waals surface area contributed by atoms with Gasteiger partial charge in [-0.1, -0.05) is 57.6 Å². The van der Waals surface area contributed by atoms with E-state index < -0.39 is 12.1 Å². The van der Waals surface area contributed by atoms with Crippen LogP contribution in [0.3, 0.4) is 0 Å². The lowest BCUT2D eigenvalue weighted by molar-refractivity contribution is -0.146. The lowest BCUT2D eigenvalue weighted by atomic mass is 9.89. The van der Waals surface area contributed by atoms with Crippen molar-refractivity contribution in [3.63, 3.8) is 0 Å². The Bertz CT molecular complexity index is 367. The summed E-state index contributed by atoms with van der Waals surface area (Å²) in [6.45, 7) is 2.22. The number of hydrogen-bond acceptors (Lipinski definition) is 3. The SMILES string of the molecule is CCCCCCC=C[C@@H]1[C@@H](CCCCCC(O)C(=O)O)CC[C@H]1O. The average molecular weight is 341 g/mol. The van der Waals surface area contributed by atoms with Gasteiger partial charge in [0.05, 0.1) is 6.10 Å². The molecule has 4 atom stereocenters. The van der Waals surface area contributed by atoms with Crippen LogP contribution in [0.1, 0.15) is 84.0 Å². The topological polar surface area (TPSA) is 77.8 Å². The lowest BCUT2D eigenvalue weighted by Crippen LogP contribution is -2.19. The zero-order valence-electron chi connectivity index (χ0n) is 15.2. The van der Waals surface area contributed by atoms with Crippen LogP contribution < -0.4 is 0 Å². The molecule has 1 fully saturated rings. The van der Waals surface area contributed by atoms with Crippen molar-refractivity contribution in [1.82, 2.24) is 0 Å². The van der Waals surface area contributed by atoms with Gasteiger partial charge in [-0.25, -0.2) is 4.79 Å². The Morgan fingerprint density at radius 2 is 1.88 bits per heavy atom. The summed E-state index contributed by atoms with van der Waals surface area (Å²) in [6, 6.07) is 0. The van der Waals surface area contributed by atoms with Crippen molar-refractivity contribution >= 4 is 5.97 Å². The van der Waals surface area contributed by atoms with Crippen molar-refractivity contribution in [2.45, 2.75) is 96.2 Å². The van der Waals surface area contributed by atoms with E-state index in [2.05, 4.69) is 19.1 Å². The molecule has 1 aliphatic carbocycles. The number of aliphatic carboxylic acids is 1. The Labute approximate surface area is 147 Å². The zero-order valence-corrected chi connectivity index (χ0v) is 15.2. The molecule has 1 unspecified atom stereocenters. The maximum atomic E-state index is 10.5. The fourth-order valence-corrected chi connectivity index (χ4v) is 3.69. The molecule has 24 heavy (non-hydrogen) atoms. The summed E-state index contributed by atoms with van der Waals surface area (Å²) in [4.78, 5) is 10.5. The molecule has 0 aromatic heterocycles. The van der Waals surface area contributed by atoms with E-state index in [9.17, 15) is 15.0 Å². The number of rotatable bonds is 13. The molecule has 140 valence electrons. The van der Waals surface area contributed by atoms with Gasteiger partial charge in [0.2, 0.25) is 0 Å². The van der Waals surface area contributed by atoms with E-state index in [0.717, 1.165) is 44.9 Å². The van der Waals surface area contributed by atoms with Gasteiger partial charge in [0, 0.05) is 5.92 Å². The number of carbonyl (C=O) groups is 1. The summed E-state index contributed by atoms with van der Waals surface area (Å²) in [5, 5.41) is 28.1. The highest BCUT2D eigenvalue weighted by Crippen LogP contribution is 2.36. The van der Waals surface area contributed by atoms with Gasteiger partial charge in [-0.2, -0.15) is 0 Å². The zero-order chi connectivity index (χ0) is 17.8. The lowest BCUT2D eigenvalue weighted by Gasteiger charge is -2.18. The highest BCUT2D eigenvalue weighted by Gasteiger charge is 2.32. The average Bonchev–Trinajstić information content (AvgIpc) is 2.90. The number of aliphatic hydroxyl groups excluding tert-OH is 2. The number of unbranched alkanes of at least 4 members (excludes halogenated alkanes) is 6. The second-order valence-corrected chi connectivity index (χ2v) is 7.25. The fraction of sp³-hybridized carbons (Fsp3) is 0.850. The Morgan fingerprint density at radius 1 is 1.12 bits per heavy atom. The van der Waals surface area contributed by atoms with Gasteiger partial charge in [-0.15, -0.1) is 0 Å². The van der Waals surface area contributed by atoms with Gasteiger partial charge >= 0.3 is 5.97 Å². The summed E-state index contributed by atoms with van der Waals surface area (Å²) < 4.78 is 0. The standard InChI is InChI=1S/C20H36O4/c1-2-3-4-5-6-9-12-17-16(14-15-18(17)21)11-8-7-10-13-19(22)20(23)24/h9,12,16-19,21-22H,2-8,10-11,13-15H2,1H3,(H,23,24)/t16-,17+,18+,19?/m0/s1. The van der Waals surface area contributed by atoms with Crippen molar-refractivity contribution in [1.29, 1.82) is 0 Å². The first-order chi connectivity index (χ1) is 11.6. The predicted molar refractivity (Wildman–Crippen MR) is 96.8 cm³/mol. The minimum atomic E-state index is -1.22. The molecule has 1 aliphatic rings. The maximum absolute atomic E-state index is 10.5. The molecule has 4 nitrogen and oxygen atoms in total. The second-order valence-electron chi connectivity index (χ2n) is 7.25. The summed E-state index contributed by atoms with van der Waals surface area (Å²) in [5.74, 6) is -0.282. The third kappa shape index (κ3) is 8.29. The molecule has 4 heteroatoms. The summed E-state index contributed by atoms with van der Waals surface area (Å²) in [5.41, 5.74) is 0. The quantitative estimate of drug-likeness (QED) is 0.345. The molecule has 0 aromatic carbocycles. The second kappa shape index (κ2) is 12.5. The Balaban J connectivity index is 2.20. The number of hydrogen-bond donors (Lipinski definition) is 3. The molecule has 3 N–H and O–H groups in total. The monoisotopic (exact) mass is 340 g/mol. The summed E-state index contributed by atoms with van der Waals surface area (Å²) in [7, 11) is 0. The van der Waals surface area contributed by atoms with Crippen LogP contribution in [-0.4, -0.2) is 33.5 Å². The highest BCUT2D eigenvalue weighted by atomic mass is 16.4. The van der Waals surface area contributed by atoms with Crippen molar-refractivity contribution < 1.29 is 20.1 Å². The van der Waals surface area contributed by atoms with E-state index in [1.54, 1.807) is 0 Å². The molecular weight excluding hydrogens is 304 g/mol. The van der Waals surface area contributed by atoms with Crippen LogP contribution in [0.2, 0.25) is 0 Å². The minimum absolute atomic E-state index is 0.198. The van der Waals surface area contributed by atoms with Crippen molar-refractivity contribution in [2.75, 3.05) is 0 Å². The highest BCUT2D eigenvalue weighted by molar-refractivity contribution is 5.71. The van der Waals surface area contributed by atoms with Crippen LogP contribution in [0.15, 0.2) is 12.2 Å². The number of carboxylic acid groups (broad SMARTS) is 1. The van der Waals surface area contributed by atoms with Crippen LogP contribution in [-0.2, 0) is 4.79 Å². The van der Waals surface area contributed by atoms with Gasteiger partial charge < -0.3 is 15.3 Å². The predicted octanol–water partition coefficient (Wildman–Crippen LogP) is 4.30. The smallest absolute Gasteiger partial charge is 0.332 e. The van der Waals surface area contributed by atoms with E-state index >= 15 is 0 Å². The molecule has 0 radical (unpaired) electrons. The number of carboxylic acids is 1. The van der Waals surface area contributed by atoms with Gasteiger partial charge in [-0.05, 0) is 44.4 Å². The molecule has 1 rings (SSSR count). The first-order valence-electron chi connectivity index (χ1n) is 9.81. The summed E-state index contributed by atoms with van der Waals surface area (Å²) >= 11 is 0. The third-order valence-corrected chi connectivity index (χ3v) is 5.24. The van der Waals surface area contributed by atoms with E-state index in [4.69, 9.17) is 5.11 Å². The first kappa shape index (κ1) is 21.2. The van der Waals surface area contributed by atoms with E-state index in [-0.39, 0.29) is 6.10 Å². The van der Waals surface area contributed by atoms with Gasteiger partial charge in [0.15, 0.2) is 6.10 Å². The Kier molecular flexibility index (Phi) is 11.0. The molecule has 0 bridgehead atoms. The van der Waals surface area contributed by atoms with Crippen LogP contribution in [0.4, 0.5) is 0 Å². The molecular formula is C20H36O4. The Hall–Kier alpha value is -0.870. The third-order valence-electron chi connectivity index (χ3n) is 5.24. The molecule has 0 amide bonds. The van der Waals surface area contributed by atoms with Crippen LogP contribution in [0.5, 0.6) is 0 Å². The number of allylic oxidation sites excluding steroid dienone is 1. The van der Waals surface area contributed by atoms with Crippen LogP contribution in [0.25, 0.3) is 0 Å². The van der Waals surface area contributed by atoms with Gasteiger partial charge in [0.1, 0.15) is 0 Å². The normalized spacial score (nSPS) is 25.4. The molecule has 0 saturated heterocycles. The molecule has 0 spiro atoms. The largest absolute Gasteiger partial charge is 0.479 e. The van der Waals surface area contributed by atoms with E-state index in [1.165, 1.54) is 25.7 Å². The summed E-state index contributed by atoms with van der Waals surface area (Å²) in [6.07, 6.45) is 15.4. The van der Waals surface area contributed by atoms with Crippen molar-refractivity contribution in [3.05, 3.63) is 12.2 Å². The van der Waals surface area contributed by atoms with E-state index in [1.807, 2.05) is 0 Å². The van der Waals surface area contributed by atoms with Gasteiger partial charge in [0.25, 0.3) is 0 Å². The van der Waals surface area contributed by atoms with Gasteiger partial charge in [-0.3, -0.25) is 0 Å². The molecule has 1 saturated carbocycles. The first-order valence-corrected chi connectivity index (χ1v) is 9.81. The molecule has 0 heterocycles. The van der Waals surface area contributed by atoms with Crippen molar-refractivity contribution in [3.8, 4) is 0 Å². The molecule has 0 aromatic rings. The Morgan fingerprint density at radius 3 is 2.58 bits per heavy atom. The minimum Gasteiger partial charge on any atom is -0.479 e. The van der Waals surface area contributed by atoms with E-state index in [0.29, 0.717) is 18.3 Å².